The van der Waals surface area contributed by atoms with Gasteiger partial charge in [-0.1, -0.05) is 62.4 Å². The number of carbonyl (C=O) groups is 1. The Labute approximate surface area is 168 Å². The van der Waals surface area contributed by atoms with Gasteiger partial charge < -0.3 is 9.80 Å². The minimum atomic E-state index is -0.00407. The van der Waals surface area contributed by atoms with Gasteiger partial charge in [-0.2, -0.15) is 0 Å². The van der Waals surface area contributed by atoms with Gasteiger partial charge in [-0.3, -0.25) is 4.79 Å². The van der Waals surface area contributed by atoms with Gasteiger partial charge in [-0.15, -0.1) is 11.6 Å². The molecule has 0 aliphatic carbocycles. The van der Waals surface area contributed by atoms with Crippen molar-refractivity contribution in [2.75, 3.05) is 30.4 Å². The van der Waals surface area contributed by atoms with Crippen LogP contribution >= 0.6 is 11.6 Å². The monoisotopic (exact) mass is 386 g/mol. The van der Waals surface area contributed by atoms with Crippen LogP contribution < -0.4 is 4.90 Å². The molecule has 146 valence electrons. The third-order valence-corrected chi connectivity index (χ3v) is 5.13. The lowest BCUT2D eigenvalue weighted by molar-refractivity contribution is -0.117. The van der Waals surface area contributed by atoms with Crippen molar-refractivity contribution in [3.63, 3.8) is 0 Å². The third kappa shape index (κ3) is 6.37. The molecule has 0 bridgehead atoms. The molecule has 1 aliphatic heterocycles. The molecule has 0 unspecified atom stereocenters. The van der Waals surface area contributed by atoms with Crippen molar-refractivity contribution in [1.29, 1.82) is 0 Å². The van der Waals surface area contributed by atoms with Gasteiger partial charge in [0.05, 0.1) is 0 Å². The van der Waals surface area contributed by atoms with Crippen molar-refractivity contribution in [3.8, 4) is 0 Å². The van der Waals surface area contributed by atoms with E-state index in [1.807, 2.05) is 49.1 Å². The highest BCUT2D eigenvalue weighted by molar-refractivity contribution is 6.29. The van der Waals surface area contributed by atoms with Crippen molar-refractivity contribution in [1.82, 2.24) is 4.90 Å². The number of hydrogen-bond acceptors (Lipinski definition) is 2. The first-order valence-electron chi connectivity index (χ1n) is 9.97. The normalized spacial score (nSPS) is 14.9. The summed E-state index contributed by atoms with van der Waals surface area (Å²) in [6.07, 6.45) is 3.06. The minimum absolute atomic E-state index is 0.00407. The standard InChI is InChI=1S/C21H25ClN2O.C2H6/c22-17-21(25)24(19-9-5-2-6-10-19)20-12-15-23(16-13-20)14-11-18-7-3-1-4-8-18;1-2/h1-10,20H,11-17H2;1-2H3. The Morgan fingerprint density at radius 2 is 1.56 bits per heavy atom. The molecule has 1 aliphatic rings. The summed E-state index contributed by atoms with van der Waals surface area (Å²) in [6, 6.07) is 20.7. The van der Waals surface area contributed by atoms with E-state index in [2.05, 4.69) is 35.2 Å². The number of anilines is 1. The van der Waals surface area contributed by atoms with Crippen LogP contribution in [0.3, 0.4) is 0 Å². The number of amides is 1. The number of halogens is 1. The highest BCUT2D eigenvalue weighted by Gasteiger charge is 2.28. The quantitative estimate of drug-likeness (QED) is 0.653. The molecule has 2 aromatic carbocycles. The van der Waals surface area contributed by atoms with Crippen LogP contribution in [0.15, 0.2) is 60.7 Å². The zero-order valence-corrected chi connectivity index (χ0v) is 17.2. The van der Waals surface area contributed by atoms with Crippen molar-refractivity contribution >= 4 is 23.2 Å². The van der Waals surface area contributed by atoms with Gasteiger partial charge >= 0.3 is 0 Å². The smallest absolute Gasteiger partial charge is 0.242 e. The van der Waals surface area contributed by atoms with E-state index in [1.165, 1.54) is 5.56 Å². The average Bonchev–Trinajstić information content (AvgIpc) is 2.76. The Hall–Kier alpha value is -1.84. The van der Waals surface area contributed by atoms with Crippen molar-refractivity contribution < 1.29 is 4.79 Å². The largest absolute Gasteiger partial charge is 0.308 e. The molecule has 0 atom stereocenters. The van der Waals surface area contributed by atoms with Gasteiger partial charge in [-0.05, 0) is 37.0 Å². The topological polar surface area (TPSA) is 23.6 Å². The molecular formula is C23H31ClN2O. The lowest BCUT2D eigenvalue weighted by Crippen LogP contribution is -2.48. The SMILES string of the molecule is CC.O=C(CCl)N(c1ccccc1)C1CCN(CCc2ccccc2)CC1. The Bertz CT molecular complexity index is 655. The number of para-hydroxylation sites is 1. The van der Waals surface area contributed by atoms with Gasteiger partial charge in [0.1, 0.15) is 5.88 Å². The van der Waals surface area contributed by atoms with E-state index in [4.69, 9.17) is 11.6 Å². The molecule has 0 spiro atoms. The molecule has 0 aromatic heterocycles. The summed E-state index contributed by atoms with van der Waals surface area (Å²) >= 11 is 5.86. The van der Waals surface area contributed by atoms with Crippen LogP contribution in [0.2, 0.25) is 0 Å². The molecule has 3 nitrogen and oxygen atoms in total. The zero-order valence-electron chi connectivity index (χ0n) is 16.5. The lowest BCUT2D eigenvalue weighted by atomic mass is 10.0. The number of rotatable bonds is 6. The van der Waals surface area contributed by atoms with Crippen molar-refractivity contribution in [3.05, 3.63) is 66.2 Å². The molecular weight excluding hydrogens is 356 g/mol. The second-order valence-electron chi connectivity index (χ2n) is 6.54. The first kappa shape index (κ1) is 21.5. The Balaban J connectivity index is 0.00000126. The van der Waals surface area contributed by atoms with E-state index in [0.29, 0.717) is 0 Å². The number of carbonyl (C=O) groups excluding carboxylic acids is 1. The fourth-order valence-corrected chi connectivity index (χ4v) is 3.67. The molecule has 1 saturated heterocycles. The maximum absolute atomic E-state index is 12.4. The van der Waals surface area contributed by atoms with Gasteiger partial charge in [-0.25, -0.2) is 0 Å². The van der Waals surface area contributed by atoms with Crippen molar-refractivity contribution in [2.24, 2.45) is 0 Å². The molecule has 0 N–H and O–H groups in total. The molecule has 4 heteroatoms. The number of piperidine rings is 1. The van der Waals surface area contributed by atoms with Crippen LogP contribution in [0.1, 0.15) is 32.3 Å². The van der Waals surface area contributed by atoms with E-state index in [1.54, 1.807) is 0 Å². The van der Waals surface area contributed by atoms with E-state index >= 15 is 0 Å². The van der Waals surface area contributed by atoms with E-state index in [9.17, 15) is 4.79 Å². The van der Waals surface area contributed by atoms with Gasteiger partial charge in [0.15, 0.2) is 0 Å². The second kappa shape index (κ2) is 11.8. The molecule has 0 saturated carbocycles. The average molecular weight is 387 g/mol. The number of benzene rings is 2. The van der Waals surface area contributed by atoms with Crippen LogP contribution in [0.5, 0.6) is 0 Å². The predicted octanol–water partition coefficient (Wildman–Crippen LogP) is 4.99. The minimum Gasteiger partial charge on any atom is -0.308 e. The van der Waals surface area contributed by atoms with E-state index in [-0.39, 0.29) is 17.8 Å². The summed E-state index contributed by atoms with van der Waals surface area (Å²) in [6.45, 7) is 7.12. The van der Waals surface area contributed by atoms with Crippen LogP contribution in [0.4, 0.5) is 5.69 Å². The summed E-state index contributed by atoms with van der Waals surface area (Å²) in [5, 5.41) is 0. The molecule has 1 amide bonds. The fraction of sp³-hybridized carbons (Fsp3) is 0.435. The summed E-state index contributed by atoms with van der Waals surface area (Å²) in [5.74, 6) is 0.0268. The first-order valence-corrected chi connectivity index (χ1v) is 10.5. The maximum Gasteiger partial charge on any atom is 0.242 e. The zero-order chi connectivity index (χ0) is 19.5. The van der Waals surface area contributed by atoms with Gasteiger partial charge in [0.2, 0.25) is 5.91 Å². The number of nitrogens with zero attached hydrogens (tertiary/aromatic N) is 2. The Morgan fingerprint density at radius 3 is 2.11 bits per heavy atom. The summed E-state index contributed by atoms with van der Waals surface area (Å²) in [5.41, 5.74) is 2.34. The van der Waals surface area contributed by atoms with Crippen LogP contribution in [0.25, 0.3) is 0 Å². The molecule has 2 aromatic rings. The third-order valence-electron chi connectivity index (χ3n) is 4.90. The first-order chi connectivity index (χ1) is 13.3. The highest BCUT2D eigenvalue weighted by atomic mass is 35.5. The highest BCUT2D eigenvalue weighted by Crippen LogP contribution is 2.24. The summed E-state index contributed by atoms with van der Waals surface area (Å²) < 4.78 is 0. The van der Waals surface area contributed by atoms with Gasteiger partial charge in [0, 0.05) is 31.4 Å². The predicted molar refractivity (Wildman–Crippen MR) is 116 cm³/mol. The number of likely N-dealkylation sites (tertiary alicyclic amines) is 1. The van der Waals surface area contributed by atoms with Gasteiger partial charge in [0.25, 0.3) is 0 Å². The lowest BCUT2D eigenvalue weighted by Gasteiger charge is -2.38. The van der Waals surface area contributed by atoms with Crippen LogP contribution in [-0.2, 0) is 11.2 Å². The fourth-order valence-electron chi connectivity index (χ4n) is 3.54. The number of hydrogen-bond donors (Lipinski definition) is 0. The van der Waals surface area contributed by atoms with Crippen molar-refractivity contribution in [2.45, 2.75) is 39.2 Å². The molecule has 1 heterocycles. The molecule has 0 radical (unpaired) electrons. The molecule has 1 fully saturated rings. The van der Waals surface area contributed by atoms with Crippen LogP contribution in [-0.4, -0.2) is 42.4 Å². The van der Waals surface area contributed by atoms with E-state index < -0.39 is 0 Å². The summed E-state index contributed by atoms with van der Waals surface area (Å²) in [4.78, 5) is 16.8. The Morgan fingerprint density at radius 1 is 1.00 bits per heavy atom. The maximum atomic E-state index is 12.4. The number of alkyl halides is 1. The molecule has 27 heavy (non-hydrogen) atoms. The van der Waals surface area contributed by atoms with E-state index in [0.717, 1.165) is 44.6 Å². The van der Waals surface area contributed by atoms with Crippen LogP contribution in [0, 0.1) is 0 Å². The summed E-state index contributed by atoms with van der Waals surface area (Å²) in [7, 11) is 0. The second-order valence-corrected chi connectivity index (χ2v) is 6.81. The molecule has 3 rings (SSSR count). The Kier molecular flexibility index (Phi) is 9.37.